The highest BCUT2D eigenvalue weighted by atomic mass is 16.3. The van der Waals surface area contributed by atoms with E-state index in [0.717, 1.165) is 5.56 Å². The molecule has 0 aliphatic rings. The predicted octanol–water partition coefficient (Wildman–Crippen LogP) is 1.40. The second-order valence-electron chi connectivity index (χ2n) is 2.18. The maximum atomic E-state index is 9.02. The van der Waals surface area contributed by atoms with Crippen LogP contribution in [0.3, 0.4) is 0 Å². The molecule has 58 valence electrons. The van der Waals surface area contributed by atoms with Crippen LogP contribution in [0.4, 0.5) is 0 Å². The molecule has 0 heterocycles. The van der Waals surface area contributed by atoms with Gasteiger partial charge in [-0.3, -0.25) is 0 Å². The minimum atomic E-state index is 0.0235. The minimum absolute atomic E-state index is 0.0235. The molecular weight excluding hydrogens is 140 g/mol. The van der Waals surface area contributed by atoms with Gasteiger partial charge in [0, 0.05) is 0 Å². The third kappa shape index (κ3) is 2.43. The minimum Gasteiger partial charge on any atom is -0.508 e. The van der Waals surface area contributed by atoms with Crippen LogP contribution in [0.2, 0.25) is 0 Å². The number of hydrogen-bond acceptors (Lipinski definition) is 2. The monoisotopic (exact) mass is 150 g/mol. The molecule has 0 amide bonds. The summed E-state index contributed by atoms with van der Waals surface area (Å²) in [7, 11) is 0. The summed E-state index contributed by atoms with van der Waals surface area (Å²) >= 11 is 0. The smallest absolute Gasteiger partial charge is 0.116 e. The third-order valence-electron chi connectivity index (χ3n) is 1.29. The van der Waals surface area contributed by atoms with Crippen LogP contribution in [0.15, 0.2) is 30.3 Å². The van der Waals surface area contributed by atoms with Crippen molar-refractivity contribution < 1.29 is 10.2 Å². The van der Waals surface area contributed by atoms with Crippen LogP contribution >= 0.6 is 0 Å². The van der Waals surface area contributed by atoms with Crippen molar-refractivity contribution in [3.63, 3.8) is 0 Å². The molecule has 0 saturated carbocycles. The maximum absolute atomic E-state index is 9.02. The Morgan fingerprint density at radius 3 is 2.82 bits per heavy atom. The summed E-state index contributed by atoms with van der Waals surface area (Å²) in [6.45, 7) is 0.0235. The van der Waals surface area contributed by atoms with Crippen molar-refractivity contribution in [2.75, 3.05) is 6.61 Å². The molecule has 0 aromatic heterocycles. The van der Waals surface area contributed by atoms with Gasteiger partial charge in [-0.2, -0.15) is 0 Å². The van der Waals surface area contributed by atoms with Gasteiger partial charge in [0.1, 0.15) is 5.75 Å². The zero-order chi connectivity index (χ0) is 8.10. The number of rotatable bonds is 2. The second kappa shape index (κ2) is 3.78. The van der Waals surface area contributed by atoms with Gasteiger partial charge in [0.05, 0.1) is 6.61 Å². The highest BCUT2D eigenvalue weighted by Gasteiger charge is 1.87. The average Bonchev–Trinajstić information content (AvgIpc) is 2.01. The van der Waals surface area contributed by atoms with Gasteiger partial charge in [0.2, 0.25) is 0 Å². The van der Waals surface area contributed by atoms with E-state index in [9.17, 15) is 0 Å². The molecule has 2 heteroatoms. The normalized spacial score (nSPS) is 10.6. The molecule has 0 aliphatic carbocycles. The summed E-state index contributed by atoms with van der Waals surface area (Å²) < 4.78 is 0. The van der Waals surface area contributed by atoms with Gasteiger partial charge >= 0.3 is 0 Å². The van der Waals surface area contributed by atoms with Crippen LogP contribution in [-0.2, 0) is 0 Å². The summed E-state index contributed by atoms with van der Waals surface area (Å²) in [5.41, 5.74) is 0.888. The fourth-order valence-corrected chi connectivity index (χ4v) is 0.817. The van der Waals surface area contributed by atoms with E-state index in [1.54, 1.807) is 30.4 Å². The summed E-state index contributed by atoms with van der Waals surface area (Å²) in [5.74, 6) is 0.241. The first kappa shape index (κ1) is 7.82. The molecule has 0 unspecified atom stereocenters. The fourth-order valence-electron chi connectivity index (χ4n) is 0.817. The number of aromatic hydroxyl groups is 1. The maximum Gasteiger partial charge on any atom is 0.116 e. The SMILES string of the molecule is OC/C=C/c1cccc(O)c1. The van der Waals surface area contributed by atoms with Gasteiger partial charge in [-0.1, -0.05) is 24.3 Å². The van der Waals surface area contributed by atoms with E-state index in [-0.39, 0.29) is 12.4 Å². The number of phenolic OH excluding ortho intramolecular Hbond substituents is 1. The Balaban J connectivity index is 2.79. The van der Waals surface area contributed by atoms with Crippen LogP contribution in [-0.4, -0.2) is 16.8 Å². The Bertz CT molecular complexity index is 253. The average molecular weight is 150 g/mol. The molecule has 0 bridgehead atoms. The molecule has 0 saturated heterocycles. The molecule has 1 aromatic carbocycles. The molecule has 2 nitrogen and oxygen atoms in total. The molecule has 0 radical (unpaired) electrons. The lowest BCUT2D eigenvalue weighted by Crippen LogP contribution is -1.73. The van der Waals surface area contributed by atoms with Gasteiger partial charge in [0.25, 0.3) is 0 Å². The topological polar surface area (TPSA) is 40.5 Å². The van der Waals surface area contributed by atoms with Gasteiger partial charge in [-0.15, -0.1) is 0 Å². The number of phenols is 1. The molecule has 0 spiro atoms. The fraction of sp³-hybridized carbons (Fsp3) is 0.111. The van der Waals surface area contributed by atoms with Crippen molar-refractivity contribution in [1.29, 1.82) is 0 Å². The van der Waals surface area contributed by atoms with E-state index in [1.165, 1.54) is 0 Å². The van der Waals surface area contributed by atoms with Crippen LogP contribution in [0.1, 0.15) is 5.56 Å². The van der Waals surface area contributed by atoms with E-state index in [1.807, 2.05) is 6.07 Å². The van der Waals surface area contributed by atoms with Crippen LogP contribution < -0.4 is 0 Å². The van der Waals surface area contributed by atoms with Gasteiger partial charge < -0.3 is 10.2 Å². The van der Waals surface area contributed by atoms with E-state index in [2.05, 4.69) is 0 Å². The van der Waals surface area contributed by atoms with Crippen LogP contribution in [0.25, 0.3) is 6.08 Å². The van der Waals surface area contributed by atoms with Gasteiger partial charge in [0.15, 0.2) is 0 Å². The molecule has 11 heavy (non-hydrogen) atoms. The van der Waals surface area contributed by atoms with E-state index >= 15 is 0 Å². The van der Waals surface area contributed by atoms with E-state index < -0.39 is 0 Å². The Labute approximate surface area is 65.4 Å². The van der Waals surface area contributed by atoms with Crippen LogP contribution in [0, 0.1) is 0 Å². The quantitative estimate of drug-likeness (QED) is 0.669. The lowest BCUT2D eigenvalue weighted by Gasteiger charge is -1.93. The first-order valence-corrected chi connectivity index (χ1v) is 3.39. The predicted molar refractivity (Wildman–Crippen MR) is 44.2 cm³/mol. The first-order valence-electron chi connectivity index (χ1n) is 3.39. The zero-order valence-electron chi connectivity index (χ0n) is 6.07. The number of aliphatic hydroxyl groups is 1. The highest BCUT2D eigenvalue weighted by Crippen LogP contribution is 2.11. The molecule has 1 rings (SSSR count). The molecule has 2 N–H and O–H groups in total. The van der Waals surface area contributed by atoms with E-state index in [0.29, 0.717) is 0 Å². The molecule has 0 aliphatic heterocycles. The third-order valence-corrected chi connectivity index (χ3v) is 1.29. The number of aliphatic hydroxyl groups excluding tert-OH is 1. The van der Waals surface area contributed by atoms with Crippen LogP contribution in [0.5, 0.6) is 5.75 Å². The van der Waals surface area contributed by atoms with Crippen molar-refractivity contribution in [3.8, 4) is 5.75 Å². The van der Waals surface area contributed by atoms with Crippen molar-refractivity contribution in [3.05, 3.63) is 35.9 Å². The Morgan fingerprint density at radius 2 is 2.18 bits per heavy atom. The lowest BCUT2D eigenvalue weighted by molar-refractivity contribution is 0.343. The molecule has 1 aromatic rings. The Morgan fingerprint density at radius 1 is 1.36 bits per heavy atom. The summed E-state index contributed by atoms with van der Waals surface area (Å²) in [6, 6.07) is 6.85. The highest BCUT2D eigenvalue weighted by molar-refractivity contribution is 5.51. The molecule has 0 fully saturated rings. The zero-order valence-corrected chi connectivity index (χ0v) is 6.07. The van der Waals surface area contributed by atoms with Crippen molar-refractivity contribution in [1.82, 2.24) is 0 Å². The van der Waals surface area contributed by atoms with Crippen molar-refractivity contribution >= 4 is 6.08 Å². The summed E-state index contributed by atoms with van der Waals surface area (Å²) in [4.78, 5) is 0. The first-order chi connectivity index (χ1) is 5.33. The Hall–Kier alpha value is -1.28. The summed E-state index contributed by atoms with van der Waals surface area (Å²) in [5, 5.41) is 17.5. The van der Waals surface area contributed by atoms with Crippen molar-refractivity contribution in [2.24, 2.45) is 0 Å². The Kier molecular flexibility index (Phi) is 2.69. The van der Waals surface area contributed by atoms with Gasteiger partial charge in [-0.05, 0) is 17.7 Å². The number of benzene rings is 1. The number of hydrogen-bond donors (Lipinski definition) is 2. The van der Waals surface area contributed by atoms with Crippen molar-refractivity contribution in [2.45, 2.75) is 0 Å². The molecular formula is C9H10O2. The van der Waals surface area contributed by atoms with E-state index in [4.69, 9.17) is 10.2 Å². The van der Waals surface area contributed by atoms with Gasteiger partial charge in [-0.25, -0.2) is 0 Å². The largest absolute Gasteiger partial charge is 0.508 e. The second-order valence-corrected chi connectivity index (χ2v) is 2.18. The summed E-state index contributed by atoms with van der Waals surface area (Å²) in [6.07, 6.45) is 3.37. The molecule has 0 atom stereocenters. The lowest BCUT2D eigenvalue weighted by atomic mass is 10.2. The standard InChI is InChI=1S/C9H10O2/c10-6-2-4-8-3-1-5-9(11)7-8/h1-5,7,10-11H,6H2/b4-2+.